The van der Waals surface area contributed by atoms with Crippen LogP contribution in [0.1, 0.15) is 62.8 Å². The minimum atomic E-state index is 0.118. The van der Waals surface area contributed by atoms with Gasteiger partial charge in [0.1, 0.15) is 0 Å². The van der Waals surface area contributed by atoms with Crippen molar-refractivity contribution in [3.8, 4) is 34.5 Å². The molecular weight excluding hydrogens is 653 g/mol. The molecule has 0 fully saturated rings. The summed E-state index contributed by atoms with van der Waals surface area (Å²) in [6.07, 6.45) is 6.61. The van der Waals surface area contributed by atoms with Crippen molar-refractivity contribution in [2.45, 2.75) is 65.5 Å². The summed E-state index contributed by atoms with van der Waals surface area (Å²) in [7, 11) is 7.15. The normalized spacial score (nSPS) is 14.2. The first kappa shape index (κ1) is 36.8. The molecule has 0 aliphatic carbocycles. The molecule has 2 atom stereocenters. The molecule has 4 rings (SSSR count). The molecule has 2 heterocycles. The Labute approximate surface area is 294 Å². The number of ether oxygens (including phenoxy) is 6. The van der Waals surface area contributed by atoms with Gasteiger partial charge in [-0.2, -0.15) is 10.2 Å². The Hall–Kier alpha value is -4.04. The fourth-order valence-corrected chi connectivity index (χ4v) is 5.65. The quantitative estimate of drug-likeness (QED) is 0.150. The first-order chi connectivity index (χ1) is 23.1. The SMILES string of the molecule is CC[C@@H](C)NC(=S)N(C)CCc1cc2c(c(OC)c1/C=N\N=C/c1c(CCN(C)C(=S)N[C@@H](C)CC)cc3c(c1OC)OCO3)OCO2. The van der Waals surface area contributed by atoms with Gasteiger partial charge in [0.15, 0.2) is 33.2 Å². The summed E-state index contributed by atoms with van der Waals surface area (Å²) in [5.74, 6) is 3.41. The highest BCUT2D eigenvalue weighted by Crippen LogP contribution is 2.46. The fraction of sp³-hybridized carbons (Fsp3) is 0.529. The Morgan fingerprint density at radius 1 is 0.771 bits per heavy atom. The molecule has 0 bridgehead atoms. The van der Waals surface area contributed by atoms with Gasteiger partial charge in [0.05, 0.1) is 26.6 Å². The van der Waals surface area contributed by atoms with Gasteiger partial charge in [0.2, 0.25) is 25.1 Å². The zero-order chi connectivity index (χ0) is 34.8. The lowest BCUT2D eigenvalue weighted by atomic mass is 10.0. The summed E-state index contributed by atoms with van der Waals surface area (Å²) in [6.45, 7) is 10.0. The second-order valence-corrected chi connectivity index (χ2v) is 12.6. The molecule has 48 heavy (non-hydrogen) atoms. The molecule has 2 aromatic carbocycles. The molecule has 2 aliphatic heterocycles. The van der Waals surface area contributed by atoms with Crippen molar-refractivity contribution < 1.29 is 28.4 Å². The Kier molecular flexibility index (Phi) is 13.3. The zero-order valence-electron chi connectivity index (χ0n) is 29.2. The zero-order valence-corrected chi connectivity index (χ0v) is 30.8. The summed E-state index contributed by atoms with van der Waals surface area (Å²) in [5, 5.41) is 17.1. The predicted molar refractivity (Wildman–Crippen MR) is 197 cm³/mol. The average Bonchev–Trinajstić information content (AvgIpc) is 3.76. The van der Waals surface area contributed by atoms with E-state index in [4.69, 9.17) is 52.9 Å². The van der Waals surface area contributed by atoms with Crippen LogP contribution in [0.3, 0.4) is 0 Å². The van der Waals surface area contributed by atoms with Crippen LogP contribution in [0.15, 0.2) is 22.3 Å². The van der Waals surface area contributed by atoms with Crippen LogP contribution < -0.4 is 39.1 Å². The van der Waals surface area contributed by atoms with E-state index in [0.717, 1.165) is 35.1 Å². The molecule has 0 aromatic heterocycles. The van der Waals surface area contributed by atoms with E-state index in [1.807, 2.05) is 36.0 Å². The molecule has 0 saturated heterocycles. The summed E-state index contributed by atoms with van der Waals surface area (Å²) in [5.41, 5.74) is 3.41. The molecular formula is C34H48N6O6S2. The summed E-state index contributed by atoms with van der Waals surface area (Å²) >= 11 is 11.2. The van der Waals surface area contributed by atoms with Gasteiger partial charge in [-0.25, -0.2) is 0 Å². The van der Waals surface area contributed by atoms with E-state index >= 15 is 0 Å². The van der Waals surface area contributed by atoms with Crippen LogP contribution in [0.2, 0.25) is 0 Å². The van der Waals surface area contributed by atoms with Gasteiger partial charge in [0, 0.05) is 50.4 Å². The number of nitrogens with zero attached hydrogens (tertiary/aromatic N) is 4. The van der Waals surface area contributed by atoms with Crippen LogP contribution in [-0.2, 0) is 12.8 Å². The van der Waals surface area contributed by atoms with E-state index < -0.39 is 0 Å². The van der Waals surface area contributed by atoms with Crippen molar-refractivity contribution in [3.63, 3.8) is 0 Å². The predicted octanol–water partition coefficient (Wildman–Crippen LogP) is 4.91. The van der Waals surface area contributed by atoms with Gasteiger partial charge in [-0.05, 0) is 87.2 Å². The number of rotatable bonds is 15. The van der Waals surface area contributed by atoms with Crippen molar-refractivity contribution in [1.29, 1.82) is 0 Å². The third-order valence-corrected chi connectivity index (χ3v) is 9.29. The van der Waals surface area contributed by atoms with Gasteiger partial charge in [-0.15, -0.1) is 0 Å². The highest BCUT2D eigenvalue weighted by molar-refractivity contribution is 7.80. The third-order valence-electron chi connectivity index (χ3n) is 8.43. The molecule has 14 heteroatoms. The molecule has 2 aliphatic rings. The van der Waals surface area contributed by atoms with E-state index in [9.17, 15) is 0 Å². The standard InChI is InChI=1S/C34H48N6O6S2/c1-9-21(3)37-33(47)39(5)13-11-23-15-27-31(45-19-43-27)29(41-7)25(23)17-35-36-18-26-24(12-14-40(6)34(48)38-22(4)10-2)16-28-32(30(26)42-8)46-20-44-28/h15-18,21-22H,9-14,19-20H2,1-8H3,(H,37,47)(H,38,48)/b35-17-,36-18-/t21-,22+. The fourth-order valence-electron chi connectivity index (χ4n) is 5.06. The third kappa shape index (κ3) is 8.90. The van der Waals surface area contributed by atoms with Crippen molar-refractivity contribution in [3.05, 3.63) is 34.4 Å². The highest BCUT2D eigenvalue weighted by Gasteiger charge is 2.26. The van der Waals surface area contributed by atoms with Crippen LogP contribution in [-0.4, -0.2) is 99.5 Å². The van der Waals surface area contributed by atoms with E-state index in [1.165, 1.54) is 0 Å². The van der Waals surface area contributed by atoms with Crippen LogP contribution in [0.25, 0.3) is 0 Å². The lowest BCUT2D eigenvalue weighted by Crippen LogP contribution is -2.42. The molecule has 262 valence electrons. The molecule has 2 aromatic rings. The molecule has 0 saturated carbocycles. The maximum absolute atomic E-state index is 5.81. The van der Waals surface area contributed by atoms with Crippen LogP contribution in [0.4, 0.5) is 0 Å². The number of hydrogen-bond donors (Lipinski definition) is 2. The van der Waals surface area contributed by atoms with E-state index in [-0.39, 0.29) is 13.6 Å². The number of nitrogens with one attached hydrogen (secondary N) is 2. The minimum absolute atomic E-state index is 0.118. The van der Waals surface area contributed by atoms with Crippen molar-refractivity contribution in [2.24, 2.45) is 10.2 Å². The van der Waals surface area contributed by atoms with E-state index in [1.54, 1.807) is 26.6 Å². The number of methoxy groups -OCH3 is 2. The molecule has 0 spiro atoms. The smallest absolute Gasteiger partial charge is 0.231 e. The molecule has 0 radical (unpaired) electrons. The largest absolute Gasteiger partial charge is 0.492 e. The molecule has 0 amide bonds. The summed E-state index contributed by atoms with van der Waals surface area (Å²) < 4.78 is 34.5. The monoisotopic (exact) mass is 700 g/mol. The maximum atomic E-state index is 5.81. The maximum Gasteiger partial charge on any atom is 0.231 e. The van der Waals surface area contributed by atoms with Gasteiger partial charge in [0.25, 0.3) is 0 Å². The number of fused-ring (bicyclic) bond motifs is 2. The number of likely N-dealkylation sites (N-methyl/N-ethyl adjacent to an activating group) is 2. The molecule has 12 nitrogen and oxygen atoms in total. The number of thiocarbonyl (C=S) groups is 2. The minimum Gasteiger partial charge on any atom is -0.492 e. The Bertz CT molecular complexity index is 1410. The molecule has 2 N–H and O–H groups in total. The Balaban J connectivity index is 1.60. The van der Waals surface area contributed by atoms with Crippen LogP contribution in [0, 0.1) is 0 Å². The Morgan fingerprint density at radius 3 is 1.52 bits per heavy atom. The number of hydrogen-bond acceptors (Lipinski definition) is 10. The first-order valence-corrected chi connectivity index (χ1v) is 17.0. The topological polar surface area (TPSA) is 111 Å². The van der Waals surface area contributed by atoms with Crippen molar-refractivity contribution in [1.82, 2.24) is 20.4 Å². The van der Waals surface area contributed by atoms with Gasteiger partial charge >= 0.3 is 0 Å². The second kappa shape index (κ2) is 17.4. The van der Waals surface area contributed by atoms with Gasteiger partial charge in [-0.3, -0.25) is 0 Å². The average molecular weight is 701 g/mol. The van der Waals surface area contributed by atoms with Crippen molar-refractivity contribution >= 4 is 47.1 Å². The van der Waals surface area contributed by atoms with E-state index in [2.05, 4.69) is 48.5 Å². The highest BCUT2D eigenvalue weighted by atomic mass is 32.1. The molecule has 0 unspecified atom stereocenters. The van der Waals surface area contributed by atoms with Crippen molar-refractivity contribution in [2.75, 3.05) is 55.0 Å². The van der Waals surface area contributed by atoms with Crippen LogP contribution in [0.5, 0.6) is 34.5 Å². The lowest BCUT2D eigenvalue weighted by Gasteiger charge is -2.24. The summed E-state index contributed by atoms with van der Waals surface area (Å²) in [6, 6.07) is 4.51. The Morgan fingerprint density at radius 2 is 1.17 bits per heavy atom. The second-order valence-electron chi connectivity index (χ2n) is 11.8. The van der Waals surface area contributed by atoms with Gasteiger partial charge in [-0.1, -0.05) is 13.8 Å². The van der Waals surface area contributed by atoms with Crippen LogP contribution >= 0.6 is 24.4 Å². The van der Waals surface area contributed by atoms with E-state index in [0.29, 0.717) is 82.7 Å². The van der Waals surface area contributed by atoms with Gasteiger partial charge < -0.3 is 48.9 Å². The summed E-state index contributed by atoms with van der Waals surface area (Å²) in [4.78, 5) is 4.05. The first-order valence-electron chi connectivity index (χ1n) is 16.2. The lowest BCUT2D eigenvalue weighted by molar-refractivity contribution is 0.171. The number of benzene rings is 2.